The minimum atomic E-state index is -0.277. The first kappa shape index (κ1) is 19.1. The van der Waals surface area contributed by atoms with Gasteiger partial charge in [-0.2, -0.15) is 16.9 Å². The molecule has 1 atom stereocenters. The fraction of sp³-hybridized carbons (Fsp3) is 0.250. The second kappa shape index (κ2) is 8.44. The van der Waals surface area contributed by atoms with Crippen LogP contribution in [-0.4, -0.2) is 42.7 Å². The van der Waals surface area contributed by atoms with Gasteiger partial charge >= 0.3 is 0 Å². The molecule has 0 aliphatic heterocycles. The summed E-state index contributed by atoms with van der Waals surface area (Å²) < 4.78 is 1.89. The Kier molecular flexibility index (Phi) is 5.57. The highest BCUT2D eigenvalue weighted by Gasteiger charge is 2.21. The summed E-state index contributed by atoms with van der Waals surface area (Å²) in [4.78, 5) is 24.8. The molecule has 0 saturated carbocycles. The molecule has 3 heterocycles. The van der Waals surface area contributed by atoms with Crippen LogP contribution < -0.4 is 10.9 Å². The molecule has 29 heavy (non-hydrogen) atoms. The summed E-state index contributed by atoms with van der Waals surface area (Å²) in [7, 11) is 0. The zero-order chi connectivity index (χ0) is 20.2. The van der Waals surface area contributed by atoms with Crippen molar-refractivity contribution in [2.45, 2.75) is 18.9 Å². The molecule has 0 spiro atoms. The number of H-pyrrole nitrogens is 1. The number of thioether (sulfide) groups is 1. The molecule has 0 saturated heterocycles. The Balaban J connectivity index is 1.59. The molecular weight excluding hydrogens is 388 g/mol. The second-order valence-corrected chi connectivity index (χ2v) is 7.60. The van der Waals surface area contributed by atoms with Crippen LogP contribution in [0.1, 0.15) is 24.0 Å². The minimum Gasteiger partial charge on any atom is -0.346 e. The molecule has 0 aliphatic rings. The molecule has 8 nitrogen and oxygen atoms in total. The van der Waals surface area contributed by atoms with Gasteiger partial charge in [-0.05, 0) is 36.6 Å². The van der Waals surface area contributed by atoms with Crippen molar-refractivity contribution in [1.29, 1.82) is 0 Å². The first-order valence-electron chi connectivity index (χ1n) is 9.21. The lowest BCUT2D eigenvalue weighted by Gasteiger charge is -2.17. The number of carbonyl (C=O) groups excluding carboxylic acids is 1. The van der Waals surface area contributed by atoms with Gasteiger partial charge in [0.25, 0.3) is 5.56 Å². The summed E-state index contributed by atoms with van der Waals surface area (Å²) in [6.07, 6.45) is 4.70. The van der Waals surface area contributed by atoms with Crippen LogP contribution in [0.25, 0.3) is 16.4 Å². The average molecular weight is 408 g/mol. The first-order valence-corrected chi connectivity index (χ1v) is 10.6. The zero-order valence-electron chi connectivity index (χ0n) is 15.8. The van der Waals surface area contributed by atoms with Crippen LogP contribution in [0.4, 0.5) is 0 Å². The Morgan fingerprint density at radius 1 is 1.17 bits per heavy atom. The van der Waals surface area contributed by atoms with Crippen molar-refractivity contribution >= 4 is 34.1 Å². The number of aromatic nitrogens is 5. The minimum absolute atomic E-state index is 0.0593. The molecule has 4 aromatic rings. The molecule has 0 aliphatic carbocycles. The van der Waals surface area contributed by atoms with E-state index in [1.54, 1.807) is 30.0 Å². The average Bonchev–Trinajstić information content (AvgIpc) is 3.17. The predicted octanol–water partition coefficient (Wildman–Crippen LogP) is 2.12. The van der Waals surface area contributed by atoms with Gasteiger partial charge in [-0.1, -0.05) is 24.3 Å². The number of benzene rings is 1. The Morgan fingerprint density at radius 2 is 1.97 bits per heavy atom. The lowest BCUT2D eigenvalue weighted by atomic mass is 10.1. The van der Waals surface area contributed by atoms with Crippen molar-refractivity contribution in [3.8, 4) is 0 Å². The Labute approximate surface area is 170 Å². The van der Waals surface area contributed by atoms with Crippen molar-refractivity contribution in [2.24, 2.45) is 0 Å². The Bertz CT molecular complexity index is 1220. The molecule has 4 rings (SSSR count). The lowest BCUT2D eigenvalue weighted by molar-refractivity contribution is -0.121. The number of fused-ring (bicyclic) bond motifs is 2. The first-order chi connectivity index (χ1) is 14.2. The van der Waals surface area contributed by atoms with E-state index in [0.29, 0.717) is 22.3 Å². The molecule has 0 fully saturated rings. The molecule has 148 valence electrons. The standard InChI is InChI=1S/C20H20N6O2S/c1-29-11-9-15(19-24-23-17-8-4-5-10-26(17)19)21-18(27)12-16-13-6-2-3-7-14(13)20(28)25-22-16/h2-8,10,15H,9,11-12H2,1H3,(H,21,27)(H,25,28)/t15-/m0/s1. The van der Waals surface area contributed by atoms with Crippen molar-refractivity contribution in [3.63, 3.8) is 0 Å². The number of rotatable bonds is 7. The van der Waals surface area contributed by atoms with Crippen LogP contribution in [-0.2, 0) is 11.2 Å². The number of carbonyl (C=O) groups is 1. The summed E-state index contributed by atoms with van der Waals surface area (Å²) in [5.74, 6) is 1.38. The van der Waals surface area contributed by atoms with E-state index in [9.17, 15) is 9.59 Å². The van der Waals surface area contributed by atoms with E-state index < -0.39 is 0 Å². The van der Waals surface area contributed by atoms with Crippen LogP contribution in [0.5, 0.6) is 0 Å². The van der Waals surface area contributed by atoms with E-state index in [1.165, 1.54) is 0 Å². The van der Waals surface area contributed by atoms with Gasteiger partial charge in [-0.15, -0.1) is 10.2 Å². The lowest BCUT2D eigenvalue weighted by Crippen LogP contribution is -2.32. The fourth-order valence-electron chi connectivity index (χ4n) is 3.30. The number of nitrogens with zero attached hydrogens (tertiary/aromatic N) is 4. The monoisotopic (exact) mass is 408 g/mol. The highest BCUT2D eigenvalue weighted by Crippen LogP contribution is 2.19. The van der Waals surface area contributed by atoms with Crippen LogP contribution in [0.2, 0.25) is 0 Å². The van der Waals surface area contributed by atoms with E-state index in [1.807, 2.05) is 41.1 Å². The Hall–Kier alpha value is -3.20. The van der Waals surface area contributed by atoms with Gasteiger partial charge in [0, 0.05) is 11.6 Å². The van der Waals surface area contributed by atoms with Crippen LogP contribution >= 0.6 is 11.8 Å². The molecular formula is C20H20N6O2S. The van der Waals surface area contributed by atoms with Gasteiger partial charge in [0.2, 0.25) is 5.91 Å². The van der Waals surface area contributed by atoms with E-state index >= 15 is 0 Å². The largest absolute Gasteiger partial charge is 0.346 e. The van der Waals surface area contributed by atoms with Crippen LogP contribution in [0.3, 0.4) is 0 Å². The highest BCUT2D eigenvalue weighted by molar-refractivity contribution is 7.98. The van der Waals surface area contributed by atoms with Crippen molar-refractivity contribution in [3.05, 3.63) is 70.5 Å². The summed E-state index contributed by atoms with van der Waals surface area (Å²) >= 11 is 1.71. The molecule has 0 radical (unpaired) electrons. The molecule has 2 N–H and O–H groups in total. The maximum absolute atomic E-state index is 12.8. The third-order valence-electron chi connectivity index (χ3n) is 4.70. The maximum atomic E-state index is 12.8. The van der Waals surface area contributed by atoms with Crippen molar-refractivity contribution < 1.29 is 4.79 Å². The SMILES string of the molecule is CSCC[C@H](NC(=O)Cc1n[nH]c(=O)c2ccccc12)c1nnc2ccccn12. The Morgan fingerprint density at radius 3 is 2.79 bits per heavy atom. The molecule has 1 amide bonds. The smallest absolute Gasteiger partial charge is 0.272 e. The van der Waals surface area contributed by atoms with Crippen molar-refractivity contribution in [2.75, 3.05) is 12.0 Å². The summed E-state index contributed by atoms with van der Waals surface area (Å²) in [6.45, 7) is 0. The fourth-order valence-corrected chi connectivity index (χ4v) is 3.77. The number of aromatic amines is 1. The van der Waals surface area contributed by atoms with Crippen LogP contribution in [0.15, 0.2) is 53.5 Å². The van der Waals surface area contributed by atoms with Crippen LogP contribution in [0, 0.1) is 0 Å². The molecule has 0 bridgehead atoms. The van der Waals surface area contributed by atoms with Gasteiger partial charge in [-0.3, -0.25) is 14.0 Å². The number of hydrogen-bond donors (Lipinski definition) is 2. The maximum Gasteiger partial charge on any atom is 0.272 e. The molecule has 9 heteroatoms. The molecule has 0 unspecified atom stereocenters. The summed E-state index contributed by atoms with van der Waals surface area (Å²) in [6, 6.07) is 12.5. The van der Waals surface area contributed by atoms with E-state index in [-0.39, 0.29) is 23.9 Å². The van der Waals surface area contributed by atoms with Crippen molar-refractivity contribution in [1.82, 2.24) is 30.1 Å². The van der Waals surface area contributed by atoms with E-state index in [4.69, 9.17) is 0 Å². The van der Waals surface area contributed by atoms with Gasteiger partial charge < -0.3 is 5.32 Å². The third-order valence-corrected chi connectivity index (χ3v) is 5.34. The highest BCUT2D eigenvalue weighted by atomic mass is 32.2. The number of amides is 1. The summed E-state index contributed by atoms with van der Waals surface area (Å²) in [5, 5.41) is 19.3. The summed E-state index contributed by atoms with van der Waals surface area (Å²) in [5.41, 5.74) is 1.00. The third kappa shape index (κ3) is 4.00. The predicted molar refractivity (Wildman–Crippen MR) is 113 cm³/mol. The normalized spacial score (nSPS) is 12.3. The molecule has 1 aromatic carbocycles. The number of pyridine rings is 1. The quantitative estimate of drug-likeness (QED) is 0.485. The topological polar surface area (TPSA) is 105 Å². The molecule has 3 aromatic heterocycles. The van der Waals surface area contributed by atoms with Gasteiger partial charge in [0.1, 0.15) is 0 Å². The van der Waals surface area contributed by atoms with E-state index in [0.717, 1.165) is 17.8 Å². The second-order valence-electron chi connectivity index (χ2n) is 6.61. The zero-order valence-corrected chi connectivity index (χ0v) is 16.6. The van der Waals surface area contributed by atoms with Gasteiger partial charge in [0.15, 0.2) is 11.5 Å². The number of nitrogens with one attached hydrogen (secondary N) is 2. The van der Waals surface area contributed by atoms with Gasteiger partial charge in [0.05, 0.1) is 23.5 Å². The van der Waals surface area contributed by atoms with E-state index in [2.05, 4.69) is 25.7 Å². The number of hydrogen-bond acceptors (Lipinski definition) is 6. The van der Waals surface area contributed by atoms with Gasteiger partial charge in [-0.25, -0.2) is 5.10 Å².